The summed E-state index contributed by atoms with van der Waals surface area (Å²) in [6, 6.07) is 17.6. The van der Waals surface area contributed by atoms with Crippen LogP contribution in [0.4, 0.5) is 24.8 Å². The predicted molar refractivity (Wildman–Crippen MR) is 146 cm³/mol. The normalized spacial score (nSPS) is 11.2. The third-order valence-electron chi connectivity index (χ3n) is 5.80. The molecule has 0 bridgehead atoms. The van der Waals surface area contributed by atoms with E-state index in [9.17, 15) is 18.0 Å². The number of anilines is 2. The number of fused-ring (bicyclic) bond motifs is 1. The fourth-order valence-electron chi connectivity index (χ4n) is 3.98. The van der Waals surface area contributed by atoms with Gasteiger partial charge in [0.2, 0.25) is 0 Å². The maximum atomic E-state index is 13.5. The molecule has 0 saturated carbocycles. The Bertz CT molecular complexity index is 1830. The van der Waals surface area contributed by atoms with Gasteiger partial charge in [-0.2, -0.15) is 13.2 Å². The second kappa shape index (κ2) is 11.0. The molecule has 0 fully saturated rings. The molecule has 0 saturated heterocycles. The van der Waals surface area contributed by atoms with E-state index in [0.717, 1.165) is 6.07 Å². The van der Waals surface area contributed by atoms with Crippen LogP contribution in [0.2, 0.25) is 5.02 Å². The van der Waals surface area contributed by atoms with Crippen molar-refractivity contribution in [3.8, 4) is 17.5 Å². The van der Waals surface area contributed by atoms with E-state index in [4.69, 9.17) is 22.3 Å². The maximum Gasteiger partial charge on any atom is 0.433 e. The summed E-state index contributed by atoms with van der Waals surface area (Å²) < 4.78 is 40.5. The molecule has 3 aromatic heterocycles. The van der Waals surface area contributed by atoms with Crippen LogP contribution in [0.5, 0.6) is 0 Å². The molecule has 200 valence electrons. The summed E-state index contributed by atoms with van der Waals surface area (Å²) in [6.07, 6.45) is -3.07. The number of para-hydroxylation sites is 1. The van der Waals surface area contributed by atoms with E-state index >= 15 is 0 Å². The highest BCUT2D eigenvalue weighted by Gasteiger charge is 2.32. The van der Waals surface area contributed by atoms with E-state index in [1.165, 1.54) is 23.0 Å². The van der Waals surface area contributed by atoms with E-state index < -0.39 is 11.9 Å². The molecule has 3 N–H and O–H groups in total. The van der Waals surface area contributed by atoms with Gasteiger partial charge in [0.1, 0.15) is 40.7 Å². The number of nitrogens with zero attached hydrogens (tertiary/aromatic N) is 5. The predicted octanol–water partition coefficient (Wildman–Crippen LogP) is 4.88. The minimum absolute atomic E-state index is 0.0386. The van der Waals surface area contributed by atoms with E-state index in [0.29, 0.717) is 33.9 Å². The molecule has 40 heavy (non-hydrogen) atoms. The Morgan fingerprint density at radius 1 is 0.950 bits per heavy atom. The van der Waals surface area contributed by atoms with Crippen molar-refractivity contribution >= 4 is 34.1 Å². The average molecular weight is 562 g/mol. The van der Waals surface area contributed by atoms with Crippen molar-refractivity contribution in [2.24, 2.45) is 0 Å². The van der Waals surface area contributed by atoms with Crippen LogP contribution < -0.4 is 16.6 Å². The standard InChI is InChI=1S/C28H19ClF3N7O/c29-20-9-5-10-21-24(20)27(40)39(18-7-2-1-3-8-18)23(38-21)14-15-34-26-19(25(33)35-16-36-26)13-12-17-6-4-11-22(37-17)28(30,31)32/h1-11,16H,14-15H2,(H3,33,34,35,36). The number of alkyl halides is 3. The van der Waals surface area contributed by atoms with Gasteiger partial charge in [-0.3, -0.25) is 9.36 Å². The second-order valence-electron chi connectivity index (χ2n) is 8.45. The monoisotopic (exact) mass is 561 g/mol. The number of hydrogen-bond acceptors (Lipinski definition) is 7. The second-order valence-corrected chi connectivity index (χ2v) is 8.86. The molecule has 12 heteroatoms. The lowest BCUT2D eigenvalue weighted by Gasteiger charge is -2.15. The van der Waals surface area contributed by atoms with Crippen molar-refractivity contribution in [2.45, 2.75) is 12.6 Å². The molecule has 5 aromatic rings. The van der Waals surface area contributed by atoms with Crippen molar-refractivity contribution in [1.82, 2.24) is 24.5 Å². The van der Waals surface area contributed by atoms with Crippen LogP contribution in [0.15, 0.2) is 77.9 Å². The smallest absolute Gasteiger partial charge is 0.382 e. The molecular formula is C28H19ClF3N7O. The quantitative estimate of drug-likeness (QED) is 0.294. The molecule has 3 heterocycles. The van der Waals surface area contributed by atoms with Gasteiger partial charge in [-0.1, -0.05) is 47.9 Å². The Balaban J connectivity index is 1.45. The van der Waals surface area contributed by atoms with Gasteiger partial charge in [-0.15, -0.1) is 0 Å². The van der Waals surface area contributed by atoms with Crippen LogP contribution in [0.3, 0.4) is 0 Å². The SMILES string of the molecule is Nc1ncnc(NCCc2nc3cccc(Cl)c3c(=O)n2-c2ccccc2)c1C#Cc1cccc(C(F)(F)F)n1. The average Bonchev–Trinajstić information content (AvgIpc) is 2.93. The van der Waals surface area contributed by atoms with Crippen LogP contribution in [0.25, 0.3) is 16.6 Å². The molecule has 0 atom stereocenters. The molecule has 0 amide bonds. The molecule has 5 rings (SSSR count). The highest BCUT2D eigenvalue weighted by molar-refractivity contribution is 6.35. The Morgan fingerprint density at radius 3 is 2.50 bits per heavy atom. The highest BCUT2D eigenvalue weighted by atomic mass is 35.5. The summed E-state index contributed by atoms with van der Waals surface area (Å²) in [5, 5.41) is 3.74. The van der Waals surface area contributed by atoms with E-state index in [1.54, 1.807) is 30.3 Å². The fraction of sp³-hybridized carbons (Fsp3) is 0.107. The minimum atomic E-state index is -4.60. The Morgan fingerprint density at radius 2 is 1.73 bits per heavy atom. The number of nitrogens with two attached hydrogens (primary N) is 1. The van der Waals surface area contributed by atoms with Gasteiger partial charge in [-0.05, 0) is 42.3 Å². The zero-order valence-electron chi connectivity index (χ0n) is 20.6. The van der Waals surface area contributed by atoms with Gasteiger partial charge in [0.15, 0.2) is 0 Å². The summed E-state index contributed by atoms with van der Waals surface area (Å²) in [6.45, 7) is 0.262. The van der Waals surface area contributed by atoms with E-state index in [1.807, 2.05) is 18.2 Å². The van der Waals surface area contributed by atoms with Crippen molar-refractivity contribution in [2.75, 3.05) is 17.6 Å². The van der Waals surface area contributed by atoms with Gasteiger partial charge in [0.25, 0.3) is 5.56 Å². The van der Waals surface area contributed by atoms with Crippen LogP contribution in [-0.2, 0) is 12.6 Å². The molecule has 0 aliphatic rings. The molecule has 8 nitrogen and oxygen atoms in total. The van der Waals surface area contributed by atoms with Gasteiger partial charge < -0.3 is 11.1 Å². The van der Waals surface area contributed by atoms with Gasteiger partial charge in [-0.25, -0.2) is 19.9 Å². The summed E-state index contributed by atoms with van der Waals surface area (Å²) >= 11 is 6.33. The van der Waals surface area contributed by atoms with Crippen molar-refractivity contribution in [3.63, 3.8) is 0 Å². The summed E-state index contributed by atoms with van der Waals surface area (Å²) in [5.74, 6) is 6.10. The molecule has 0 radical (unpaired) electrons. The van der Waals surface area contributed by atoms with Crippen molar-refractivity contribution in [1.29, 1.82) is 0 Å². The number of pyridine rings is 1. The molecule has 2 aromatic carbocycles. The summed E-state index contributed by atoms with van der Waals surface area (Å²) in [5.41, 5.74) is 5.84. The lowest BCUT2D eigenvalue weighted by molar-refractivity contribution is -0.141. The van der Waals surface area contributed by atoms with Crippen molar-refractivity contribution < 1.29 is 13.2 Å². The highest BCUT2D eigenvalue weighted by Crippen LogP contribution is 2.27. The number of rotatable bonds is 5. The fourth-order valence-corrected chi connectivity index (χ4v) is 4.24. The molecule has 0 aliphatic heterocycles. The van der Waals surface area contributed by atoms with Crippen LogP contribution in [0.1, 0.15) is 22.8 Å². The topological polar surface area (TPSA) is 112 Å². The van der Waals surface area contributed by atoms with Crippen molar-refractivity contribution in [3.05, 3.63) is 111 Å². The zero-order valence-corrected chi connectivity index (χ0v) is 21.3. The Hall–Kier alpha value is -4.95. The zero-order chi connectivity index (χ0) is 28.3. The first-order valence-electron chi connectivity index (χ1n) is 11.9. The molecule has 0 spiro atoms. The summed E-state index contributed by atoms with van der Waals surface area (Å²) in [4.78, 5) is 29.9. The number of halogens is 4. The molecular weight excluding hydrogens is 543 g/mol. The molecule has 0 unspecified atom stereocenters. The Kier molecular flexibility index (Phi) is 7.35. The van der Waals surface area contributed by atoms with Crippen LogP contribution in [0, 0.1) is 11.8 Å². The summed E-state index contributed by atoms with van der Waals surface area (Å²) in [7, 11) is 0. The maximum absolute atomic E-state index is 13.5. The lowest BCUT2D eigenvalue weighted by atomic mass is 10.2. The van der Waals surface area contributed by atoms with Gasteiger partial charge in [0, 0.05) is 13.0 Å². The number of nitrogens with one attached hydrogen (secondary N) is 1. The number of hydrogen-bond donors (Lipinski definition) is 2. The first kappa shape index (κ1) is 26.6. The van der Waals surface area contributed by atoms with Crippen LogP contribution >= 0.6 is 11.6 Å². The third kappa shape index (κ3) is 5.57. The first-order valence-corrected chi connectivity index (χ1v) is 12.3. The lowest BCUT2D eigenvalue weighted by Crippen LogP contribution is -2.25. The van der Waals surface area contributed by atoms with E-state index in [-0.39, 0.29) is 35.0 Å². The van der Waals surface area contributed by atoms with Gasteiger partial charge >= 0.3 is 6.18 Å². The largest absolute Gasteiger partial charge is 0.433 e. The Labute approximate surface area is 230 Å². The minimum Gasteiger partial charge on any atom is -0.382 e. The number of aromatic nitrogens is 5. The van der Waals surface area contributed by atoms with Gasteiger partial charge in [0.05, 0.1) is 21.6 Å². The first-order chi connectivity index (χ1) is 19.2. The van der Waals surface area contributed by atoms with Crippen LogP contribution in [-0.4, -0.2) is 31.0 Å². The number of nitrogen functional groups attached to an aromatic ring is 1. The number of benzene rings is 2. The van der Waals surface area contributed by atoms with E-state index in [2.05, 4.69) is 32.1 Å². The molecule has 0 aliphatic carbocycles. The third-order valence-corrected chi connectivity index (χ3v) is 6.12.